The maximum Gasteiger partial charge on any atom is 0.257 e. The summed E-state index contributed by atoms with van der Waals surface area (Å²) in [5, 5.41) is 0. The van der Waals surface area contributed by atoms with Crippen LogP contribution in [0.5, 0.6) is 5.88 Å². The summed E-state index contributed by atoms with van der Waals surface area (Å²) in [4.78, 5) is 11.4. The summed E-state index contributed by atoms with van der Waals surface area (Å²) in [7, 11) is 1.63. The Morgan fingerprint density at radius 3 is 2.68 bits per heavy atom. The van der Waals surface area contributed by atoms with Crippen molar-refractivity contribution >= 4 is 16.9 Å². The van der Waals surface area contributed by atoms with E-state index in [1.54, 1.807) is 7.11 Å². The van der Waals surface area contributed by atoms with Crippen molar-refractivity contribution in [3.63, 3.8) is 0 Å². The monoisotopic (exact) mass is 258 g/mol. The van der Waals surface area contributed by atoms with Gasteiger partial charge >= 0.3 is 0 Å². The first kappa shape index (κ1) is 12.2. The van der Waals surface area contributed by atoms with E-state index >= 15 is 0 Å². The topological polar surface area (TPSA) is 64.3 Å². The zero-order valence-corrected chi connectivity index (χ0v) is 11.0. The van der Waals surface area contributed by atoms with Crippen LogP contribution in [0.3, 0.4) is 0 Å². The normalized spacial score (nSPS) is 19.7. The van der Waals surface area contributed by atoms with Crippen LogP contribution < -0.4 is 15.4 Å². The molecule has 0 amide bonds. The molecule has 2 N–H and O–H groups in total. The zero-order valence-electron chi connectivity index (χ0n) is 11.0. The molecule has 0 saturated carbocycles. The van der Waals surface area contributed by atoms with Crippen molar-refractivity contribution < 1.29 is 4.74 Å². The standard InChI is InChI=1S/C14H18N4O/c1-19-14-13(18-8-4-5-10(15)9-18)16-11-6-2-3-7-12(11)17-14/h2-3,6-7,10H,4-5,8-9,15H2,1H3/t10-/m1/s1. The summed E-state index contributed by atoms with van der Waals surface area (Å²) in [6.07, 6.45) is 2.15. The molecule has 0 aliphatic carbocycles. The summed E-state index contributed by atoms with van der Waals surface area (Å²) in [5.41, 5.74) is 7.77. The number of fused-ring (bicyclic) bond motifs is 1. The van der Waals surface area contributed by atoms with Crippen LogP contribution in [0.2, 0.25) is 0 Å². The summed E-state index contributed by atoms with van der Waals surface area (Å²) in [6.45, 7) is 1.76. The molecule has 2 aromatic rings. The molecule has 1 saturated heterocycles. The van der Waals surface area contributed by atoms with Crippen molar-refractivity contribution in [3.05, 3.63) is 24.3 Å². The van der Waals surface area contributed by atoms with Crippen molar-refractivity contribution in [1.82, 2.24) is 9.97 Å². The quantitative estimate of drug-likeness (QED) is 0.885. The second-order valence-electron chi connectivity index (χ2n) is 4.89. The molecule has 3 rings (SSSR count). The molecule has 1 atom stereocenters. The fraction of sp³-hybridized carbons (Fsp3) is 0.429. The smallest absolute Gasteiger partial charge is 0.257 e. The fourth-order valence-corrected chi connectivity index (χ4v) is 2.52. The van der Waals surface area contributed by atoms with Gasteiger partial charge in [0.1, 0.15) is 0 Å². The Morgan fingerprint density at radius 2 is 2.00 bits per heavy atom. The van der Waals surface area contributed by atoms with Gasteiger partial charge in [-0.1, -0.05) is 12.1 Å². The van der Waals surface area contributed by atoms with Crippen LogP contribution in [0, 0.1) is 0 Å². The van der Waals surface area contributed by atoms with Crippen LogP contribution in [0.15, 0.2) is 24.3 Å². The summed E-state index contributed by atoms with van der Waals surface area (Å²) in [5.74, 6) is 1.38. The molecule has 5 nitrogen and oxygen atoms in total. The number of rotatable bonds is 2. The Labute approximate surface area is 112 Å². The summed E-state index contributed by atoms with van der Waals surface area (Å²) in [6, 6.07) is 8.03. The minimum atomic E-state index is 0.201. The third-order valence-electron chi connectivity index (χ3n) is 3.47. The molecule has 0 radical (unpaired) electrons. The van der Waals surface area contributed by atoms with Gasteiger partial charge in [-0.15, -0.1) is 0 Å². The number of para-hydroxylation sites is 2. The number of aromatic nitrogens is 2. The maximum absolute atomic E-state index is 6.04. The van der Waals surface area contributed by atoms with E-state index < -0.39 is 0 Å². The van der Waals surface area contributed by atoms with Crippen LogP contribution in [-0.2, 0) is 0 Å². The molecule has 100 valence electrons. The number of anilines is 1. The average Bonchev–Trinajstić information content (AvgIpc) is 2.46. The van der Waals surface area contributed by atoms with Crippen LogP contribution >= 0.6 is 0 Å². The number of nitrogens with zero attached hydrogens (tertiary/aromatic N) is 3. The highest BCUT2D eigenvalue weighted by Gasteiger charge is 2.22. The molecular weight excluding hydrogens is 240 g/mol. The van der Waals surface area contributed by atoms with E-state index in [1.165, 1.54) is 0 Å². The predicted molar refractivity (Wildman–Crippen MR) is 75.5 cm³/mol. The highest BCUT2D eigenvalue weighted by molar-refractivity contribution is 5.77. The second kappa shape index (κ2) is 5.01. The highest BCUT2D eigenvalue weighted by Crippen LogP contribution is 2.28. The molecule has 1 aromatic carbocycles. The molecule has 5 heteroatoms. The van der Waals surface area contributed by atoms with Crippen molar-refractivity contribution in [1.29, 1.82) is 0 Å². The van der Waals surface area contributed by atoms with E-state index in [1.807, 2.05) is 24.3 Å². The Balaban J connectivity index is 2.05. The number of hydrogen-bond acceptors (Lipinski definition) is 5. The number of benzene rings is 1. The van der Waals surface area contributed by atoms with Gasteiger partial charge in [-0.3, -0.25) is 0 Å². The molecule has 1 fully saturated rings. The first-order valence-electron chi connectivity index (χ1n) is 6.59. The molecule has 0 spiro atoms. The van der Waals surface area contributed by atoms with Gasteiger partial charge in [0, 0.05) is 19.1 Å². The molecule has 1 aliphatic rings. The maximum atomic E-state index is 6.04. The number of piperidine rings is 1. The highest BCUT2D eigenvalue weighted by atomic mass is 16.5. The lowest BCUT2D eigenvalue weighted by Crippen LogP contribution is -2.43. The molecular formula is C14H18N4O. The molecule has 0 unspecified atom stereocenters. The van der Waals surface area contributed by atoms with Crippen molar-refractivity contribution in [3.8, 4) is 5.88 Å². The fourth-order valence-electron chi connectivity index (χ4n) is 2.52. The Morgan fingerprint density at radius 1 is 1.26 bits per heavy atom. The number of methoxy groups -OCH3 is 1. The van der Waals surface area contributed by atoms with Crippen LogP contribution in [0.25, 0.3) is 11.0 Å². The lowest BCUT2D eigenvalue weighted by Gasteiger charge is -2.32. The van der Waals surface area contributed by atoms with Crippen LogP contribution in [-0.4, -0.2) is 36.2 Å². The Hall–Kier alpha value is -1.88. The zero-order chi connectivity index (χ0) is 13.2. The van der Waals surface area contributed by atoms with E-state index in [9.17, 15) is 0 Å². The molecule has 2 heterocycles. The molecule has 1 aromatic heterocycles. The van der Waals surface area contributed by atoms with E-state index in [0.29, 0.717) is 5.88 Å². The second-order valence-corrected chi connectivity index (χ2v) is 4.89. The van der Waals surface area contributed by atoms with Gasteiger partial charge in [0.15, 0.2) is 5.82 Å². The predicted octanol–water partition coefficient (Wildman–Crippen LogP) is 1.57. The van der Waals surface area contributed by atoms with Crippen molar-refractivity contribution in [2.75, 3.05) is 25.1 Å². The SMILES string of the molecule is COc1nc2ccccc2nc1N1CCC[C@@H](N)C1. The lowest BCUT2D eigenvalue weighted by atomic mass is 10.1. The van der Waals surface area contributed by atoms with Gasteiger partial charge in [-0.05, 0) is 25.0 Å². The minimum Gasteiger partial charge on any atom is -0.478 e. The third-order valence-corrected chi connectivity index (χ3v) is 3.47. The van der Waals surface area contributed by atoms with Gasteiger partial charge in [-0.25, -0.2) is 9.97 Å². The van der Waals surface area contributed by atoms with Crippen LogP contribution in [0.4, 0.5) is 5.82 Å². The molecule has 0 bridgehead atoms. The Bertz CT molecular complexity index is 587. The van der Waals surface area contributed by atoms with E-state index in [2.05, 4.69) is 14.9 Å². The van der Waals surface area contributed by atoms with Crippen molar-refractivity contribution in [2.45, 2.75) is 18.9 Å². The van der Waals surface area contributed by atoms with Crippen molar-refractivity contribution in [2.24, 2.45) is 5.73 Å². The van der Waals surface area contributed by atoms with Gasteiger partial charge in [0.25, 0.3) is 5.88 Å². The average molecular weight is 258 g/mol. The van der Waals surface area contributed by atoms with Gasteiger partial charge < -0.3 is 15.4 Å². The van der Waals surface area contributed by atoms with E-state index in [-0.39, 0.29) is 6.04 Å². The first-order chi connectivity index (χ1) is 9.28. The Kier molecular flexibility index (Phi) is 3.21. The lowest BCUT2D eigenvalue weighted by molar-refractivity contribution is 0.394. The number of hydrogen-bond donors (Lipinski definition) is 1. The van der Waals surface area contributed by atoms with Gasteiger partial charge in [0.05, 0.1) is 18.1 Å². The molecule has 19 heavy (non-hydrogen) atoms. The number of nitrogens with two attached hydrogens (primary N) is 1. The summed E-state index contributed by atoms with van der Waals surface area (Å²) >= 11 is 0. The van der Waals surface area contributed by atoms with Gasteiger partial charge in [-0.2, -0.15) is 0 Å². The third kappa shape index (κ3) is 2.33. The van der Waals surface area contributed by atoms with Gasteiger partial charge in [0.2, 0.25) is 0 Å². The number of ether oxygens (including phenoxy) is 1. The minimum absolute atomic E-state index is 0.201. The summed E-state index contributed by atoms with van der Waals surface area (Å²) < 4.78 is 5.39. The van der Waals surface area contributed by atoms with Crippen LogP contribution in [0.1, 0.15) is 12.8 Å². The van der Waals surface area contributed by atoms with E-state index in [4.69, 9.17) is 10.5 Å². The largest absolute Gasteiger partial charge is 0.478 e. The molecule has 1 aliphatic heterocycles. The van der Waals surface area contributed by atoms with E-state index in [0.717, 1.165) is 42.8 Å². The first-order valence-corrected chi connectivity index (χ1v) is 6.59.